The summed E-state index contributed by atoms with van der Waals surface area (Å²) in [6, 6.07) is 15.5. The van der Waals surface area contributed by atoms with Crippen molar-refractivity contribution >= 4 is 43.4 Å². The molecule has 4 rings (SSSR count). The highest BCUT2D eigenvalue weighted by atomic mass is 79.9. The first kappa shape index (κ1) is 28.0. The zero-order valence-corrected chi connectivity index (χ0v) is 23.4. The molecule has 0 radical (unpaired) electrons. The first-order chi connectivity index (χ1) is 18.0. The van der Waals surface area contributed by atoms with E-state index in [0.29, 0.717) is 37.6 Å². The molecule has 0 saturated carbocycles. The monoisotopic (exact) mass is 634 g/mol. The molecule has 196 valence electrons. The van der Waals surface area contributed by atoms with E-state index in [4.69, 9.17) is 23.7 Å². The van der Waals surface area contributed by atoms with E-state index in [1.807, 2.05) is 48.5 Å². The van der Waals surface area contributed by atoms with Crippen molar-refractivity contribution in [1.29, 1.82) is 0 Å². The van der Waals surface area contributed by atoms with Gasteiger partial charge in [-0.25, -0.2) is 0 Å². The molecule has 2 atom stereocenters. The lowest BCUT2D eigenvalue weighted by molar-refractivity contribution is -0.117. The number of ketones is 2. The molecular weight excluding hydrogens is 608 g/mol. The molecule has 2 aromatic carbocycles. The molecule has 1 aliphatic heterocycles. The average Bonchev–Trinajstić information content (AvgIpc) is 2.89. The zero-order valence-electron chi connectivity index (χ0n) is 20.2. The Balaban J connectivity index is 1.47. The van der Waals surface area contributed by atoms with E-state index in [2.05, 4.69) is 31.9 Å². The number of carbonyl (C=O) groups excluding carboxylic acids is 2. The molecule has 1 heterocycles. The second-order valence-corrected chi connectivity index (χ2v) is 10.4. The molecule has 0 spiro atoms. The lowest BCUT2D eigenvalue weighted by Crippen LogP contribution is -2.24. The van der Waals surface area contributed by atoms with Crippen LogP contribution in [0.2, 0.25) is 0 Å². The summed E-state index contributed by atoms with van der Waals surface area (Å²) >= 11 is 6.89. The van der Waals surface area contributed by atoms with Crippen LogP contribution in [0.3, 0.4) is 0 Å². The number of carbonyl (C=O) groups is 2. The molecule has 9 heteroatoms. The summed E-state index contributed by atoms with van der Waals surface area (Å²) in [5.41, 5.74) is 2.47. The Morgan fingerprint density at radius 3 is 1.46 bits per heavy atom. The Labute approximate surface area is 233 Å². The predicted molar refractivity (Wildman–Crippen MR) is 144 cm³/mol. The van der Waals surface area contributed by atoms with Crippen LogP contribution in [0, 0.1) is 0 Å². The lowest BCUT2D eigenvalue weighted by Gasteiger charge is -2.22. The number of benzene rings is 2. The number of hydrogen-bond acceptors (Lipinski definition) is 7. The van der Waals surface area contributed by atoms with Gasteiger partial charge in [-0.2, -0.15) is 0 Å². The largest absolute Gasteiger partial charge is 0.377 e. The van der Waals surface area contributed by atoms with Crippen LogP contribution < -0.4 is 0 Å². The number of allylic oxidation sites excluding steroid dienone is 2. The third-order valence-electron chi connectivity index (χ3n) is 5.85. The molecule has 2 aromatic rings. The first-order valence-electron chi connectivity index (χ1n) is 12.0. The molecule has 7 nitrogen and oxygen atoms in total. The van der Waals surface area contributed by atoms with Gasteiger partial charge in [0.15, 0.2) is 11.6 Å². The summed E-state index contributed by atoms with van der Waals surface area (Å²) in [7, 11) is 0. The van der Waals surface area contributed by atoms with E-state index >= 15 is 0 Å². The minimum atomic E-state index is -0.359. The van der Waals surface area contributed by atoms with Gasteiger partial charge in [-0.1, -0.05) is 56.1 Å². The van der Waals surface area contributed by atoms with E-state index in [-0.39, 0.29) is 50.2 Å². The zero-order chi connectivity index (χ0) is 26.0. The van der Waals surface area contributed by atoms with Crippen molar-refractivity contribution in [2.45, 2.75) is 12.2 Å². The number of halogens is 2. The molecule has 0 N–H and O–H groups in total. The fraction of sp³-hybridized carbons (Fsp3) is 0.357. The summed E-state index contributed by atoms with van der Waals surface area (Å²) in [6.07, 6.45) is 1.92. The molecule has 37 heavy (non-hydrogen) atoms. The Kier molecular flexibility index (Phi) is 10.8. The topological polar surface area (TPSA) is 80.3 Å². The quantitative estimate of drug-likeness (QED) is 0.425. The van der Waals surface area contributed by atoms with Gasteiger partial charge in [0.1, 0.15) is 12.2 Å². The van der Waals surface area contributed by atoms with Crippen LogP contribution in [0.1, 0.15) is 23.3 Å². The normalized spacial score (nSPS) is 23.0. The minimum Gasteiger partial charge on any atom is -0.377 e. The summed E-state index contributed by atoms with van der Waals surface area (Å²) < 4.78 is 31.5. The van der Waals surface area contributed by atoms with Crippen molar-refractivity contribution in [3.8, 4) is 0 Å². The Morgan fingerprint density at radius 1 is 0.595 bits per heavy atom. The number of rotatable bonds is 2. The number of fused-ring (bicyclic) bond motifs is 2. The van der Waals surface area contributed by atoms with Gasteiger partial charge in [0.25, 0.3) is 0 Å². The SMILES string of the molecule is O=C1C=C2COC[C@H](c3ccc(Br)cc3)OCCOCCO[C@@H](c3ccc(Br)cc3)COCC(=C1)C2=O. The Morgan fingerprint density at radius 2 is 1.03 bits per heavy atom. The molecule has 0 unspecified atom stereocenters. The van der Waals surface area contributed by atoms with Crippen LogP contribution in [-0.2, 0) is 33.3 Å². The summed E-state index contributed by atoms with van der Waals surface area (Å²) in [5.74, 6) is -0.513. The Hall–Kier alpha value is -1.98. The van der Waals surface area contributed by atoms with Crippen molar-refractivity contribution in [3.05, 3.63) is 91.9 Å². The Bertz CT molecular complexity index is 1040. The van der Waals surface area contributed by atoms with Crippen LogP contribution in [-0.4, -0.2) is 64.4 Å². The van der Waals surface area contributed by atoms with Crippen LogP contribution in [0.15, 0.2) is 80.8 Å². The second kappa shape index (κ2) is 14.2. The number of hydrogen-bond donors (Lipinski definition) is 0. The molecule has 0 aromatic heterocycles. The van der Waals surface area contributed by atoms with Crippen LogP contribution in [0.4, 0.5) is 0 Å². The van der Waals surface area contributed by atoms with E-state index < -0.39 is 0 Å². The van der Waals surface area contributed by atoms with E-state index in [0.717, 1.165) is 20.1 Å². The highest BCUT2D eigenvalue weighted by Crippen LogP contribution is 2.24. The average molecular weight is 636 g/mol. The molecule has 0 amide bonds. The highest BCUT2D eigenvalue weighted by Gasteiger charge is 2.24. The van der Waals surface area contributed by atoms with Gasteiger partial charge in [-0.3, -0.25) is 9.59 Å². The summed E-state index contributed by atoms with van der Waals surface area (Å²) in [5, 5.41) is 0. The standard InChI is InChI=1S/C28H28Br2O7/c29-23-5-1-19(2-6-23)26-17-34-15-21-13-25(31)14-22(28(21)32)16-35-18-27(20-3-7-24(30)8-4-20)37-12-10-33-9-11-36-26/h1-8,13-14,26-27H,9-12,15-18H2/t26-,27-/m1/s1. The third kappa shape index (κ3) is 8.51. The van der Waals surface area contributed by atoms with Gasteiger partial charge in [0.2, 0.25) is 0 Å². The van der Waals surface area contributed by atoms with Crippen LogP contribution in [0.25, 0.3) is 0 Å². The van der Waals surface area contributed by atoms with Crippen molar-refractivity contribution in [2.75, 3.05) is 52.9 Å². The molecule has 1 saturated heterocycles. The van der Waals surface area contributed by atoms with E-state index in [9.17, 15) is 9.59 Å². The molecule has 2 bridgehead atoms. The smallest absolute Gasteiger partial charge is 0.189 e. The number of ether oxygens (including phenoxy) is 5. The maximum Gasteiger partial charge on any atom is 0.189 e. The van der Waals surface area contributed by atoms with Gasteiger partial charge in [-0.05, 0) is 47.5 Å². The minimum absolute atomic E-state index is 0.000565. The maximum absolute atomic E-state index is 13.0. The molecule has 1 aliphatic carbocycles. The highest BCUT2D eigenvalue weighted by molar-refractivity contribution is 9.10. The second-order valence-electron chi connectivity index (χ2n) is 8.54. The van der Waals surface area contributed by atoms with Crippen molar-refractivity contribution in [3.63, 3.8) is 0 Å². The van der Waals surface area contributed by atoms with Crippen molar-refractivity contribution in [2.24, 2.45) is 0 Å². The fourth-order valence-corrected chi connectivity index (χ4v) is 4.45. The van der Waals surface area contributed by atoms with E-state index in [1.165, 1.54) is 12.2 Å². The van der Waals surface area contributed by atoms with Crippen LogP contribution in [0.5, 0.6) is 0 Å². The molecule has 1 fully saturated rings. The first-order valence-corrected chi connectivity index (χ1v) is 13.6. The molecular formula is C28H28Br2O7. The third-order valence-corrected chi connectivity index (χ3v) is 6.90. The van der Waals surface area contributed by atoms with Gasteiger partial charge in [0, 0.05) is 20.1 Å². The van der Waals surface area contributed by atoms with E-state index in [1.54, 1.807) is 0 Å². The number of Topliss-reactive ketones (excluding diaryl/α,β-unsaturated/α-hetero) is 1. The summed E-state index contributed by atoms with van der Waals surface area (Å²) in [6.45, 7) is 1.93. The fourth-order valence-electron chi connectivity index (χ4n) is 3.93. The van der Waals surface area contributed by atoms with Gasteiger partial charge in [-0.15, -0.1) is 0 Å². The van der Waals surface area contributed by atoms with Crippen molar-refractivity contribution in [1.82, 2.24) is 0 Å². The maximum atomic E-state index is 13.0. The summed E-state index contributed by atoms with van der Waals surface area (Å²) in [4.78, 5) is 25.3. The van der Waals surface area contributed by atoms with Gasteiger partial charge >= 0.3 is 0 Å². The predicted octanol–water partition coefficient (Wildman–Crippen LogP) is 5.10. The van der Waals surface area contributed by atoms with Crippen molar-refractivity contribution < 1.29 is 33.3 Å². The van der Waals surface area contributed by atoms with Gasteiger partial charge < -0.3 is 23.7 Å². The molecule has 2 aliphatic rings. The lowest BCUT2D eigenvalue weighted by atomic mass is 9.97. The van der Waals surface area contributed by atoms with Crippen LogP contribution >= 0.6 is 31.9 Å². The van der Waals surface area contributed by atoms with Gasteiger partial charge in [0.05, 0.1) is 52.9 Å².